The van der Waals surface area contributed by atoms with Crippen molar-refractivity contribution in [1.82, 2.24) is 10.2 Å². The normalized spacial score (nSPS) is 18.9. The summed E-state index contributed by atoms with van der Waals surface area (Å²) in [4.78, 5) is 36.8. The monoisotopic (exact) mass is 294 g/mol. The average molecular weight is 294 g/mol. The minimum absolute atomic E-state index is 0.0590. The van der Waals surface area contributed by atoms with Crippen molar-refractivity contribution in [2.45, 2.75) is 12.8 Å². The number of nitrogens with zero attached hydrogens (tertiary/aromatic N) is 1. The zero-order valence-corrected chi connectivity index (χ0v) is 11.5. The van der Waals surface area contributed by atoms with Crippen LogP contribution in [0.2, 0.25) is 0 Å². The molecule has 7 heteroatoms. The summed E-state index contributed by atoms with van der Waals surface area (Å²) in [7, 11) is 0. The first-order valence-electron chi connectivity index (χ1n) is 6.54. The molecule has 1 atom stereocenters. The molecule has 0 radical (unpaired) electrons. The standard InChI is InChI=1S/C14H15FN2O4/c1-2-21-8-7-17-13(19)11(12(18)16-14(17)20)9-3-5-10(15)6-4-9/h3-6,11H,2,7-8H2,1H3,(H,16,18,20). The molecule has 0 aromatic heterocycles. The molecule has 0 aliphatic carbocycles. The number of amides is 4. The molecule has 112 valence electrons. The van der Waals surface area contributed by atoms with E-state index in [-0.39, 0.29) is 13.2 Å². The van der Waals surface area contributed by atoms with Crippen LogP contribution in [0, 0.1) is 5.82 Å². The Morgan fingerprint density at radius 2 is 1.90 bits per heavy atom. The van der Waals surface area contributed by atoms with Gasteiger partial charge in [-0.15, -0.1) is 0 Å². The molecular weight excluding hydrogens is 279 g/mol. The van der Waals surface area contributed by atoms with Crippen LogP contribution in [0.15, 0.2) is 24.3 Å². The highest BCUT2D eigenvalue weighted by Crippen LogP contribution is 2.22. The molecule has 1 aromatic carbocycles. The first-order chi connectivity index (χ1) is 10.0. The Hall–Kier alpha value is -2.28. The maximum absolute atomic E-state index is 12.9. The van der Waals surface area contributed by atoms with Crippen molar-refractivity contribution in [3.05, 3.63) is 35.6 Å². The average Bonchev–Trinajstić information content (AvgIpc) is 2.44. The highest BCUT2D eigenvalue weighted by atomic mass is 19.1. The van der Waals surface area contributed by atoms with Gasteiger partial charge in [-0.2, -0.15) is 0 Å². The van der Waals surface area contributed by atoms with Gasteiger partial charge in [-0.05, 0) is 24.6 Å². The summed E-state index contributed by atoms with van der Waals surface area (Å²) >= 11 is 0. The number of halogens is 1. The number of benzene rings is 1. The molecule has 0 spiro atoms. The fourth-order valence-corrected chi connectivity index (χ4v) is 2.07. The van der Waals surface area contributed by atoms with Crippen LogP contribution in [0.1, 0.15) is 18.4 Å². The Bertz CT molecular complexity index is 559. The maximum atomic E-state index is 12.9. The minimum Gasteiger partial charge on any atom is -0.380 e. The van der Waals surface area contributed by atoms with Crippen molar-refractivity contribution in [1.29, 1.82) is 0 Å². The van der Waals surface area contributed by atoms with Crippen molar-refractivity contribution in [2.75, 3.05) is 19.8 Å². The second kappa shape index (κ2) is 6.45. The van der Waals surface area contributed by atoms with Crippen molar-refractivity contribution < 1.29 is 23.5 Å². The van der Waals surface area contributed by atoms with Gasteiger partial charge in [-0.1, -0.05) is 12.1 Å². The third kappa shape index (κ3) is 3.25. The fourth-order valence-electron chi connectivity index (χ4n) is 2.07. The Kier molecular flexibility index (Phi) is 4.64. The molecule has 1 aromatic rings. The highest BCUT2D eigenvalue weighted by Gasteiger charge is 2.41. The zero-order valence-electron chi connectivity index (χ0n) is 11.5. The van der Waals surface area contributed by atoms with E-state index in [1.165, 1.54) is 12.1 Å². The number of rotatable bonds is 5. The largest absolute Gasteiger partial charge is 0.380 e. The number of carbonyl (C=O) groups is 3. The number of ether oxygens (including phenoxy) is 1. The highest BCUT2D eigenvalue weighted by molar-refractivity contribution is 6.19. The van der Waals surface area contributed by atoms with E-state index in [0.29, 0.717) is 12.2 Å². The molecule has 1 aliphatic rings. The van der Waals surface area contributed by atoms with Gasteiger partial charge < -0.3 is 4.74 Å². The molecule has 1 aliphatic heterocycles. The fraction of sp³-hybridized carbons (Fsp3) is 0.357. The predicted molar refractivity (Wildman–Crippen MR) is 70.9 cm³/mol. The molecule has 1 fully saturated rings. The molecule has 0 bridgehead atoms. The predicted octanol–water partition coefficient (Wildman–Crippen LogP) is 1.02. The Balaban J connectivity index is 2.20. The van der Waals surface area contributed by atoms with E-state index in [0.717, 1.165) is 17.0 Å². The Morgan fingerprint density at radius 3 is 2.52 bits per heavy atom. The lowest BCUT2D eigenvalue weighted by Crippen LogP contribution is -2.57. The molecule has 0 saturated carbocycles. The summed E-state index contributed by atoms with van der Waals surface area (Å²) in [5.74, 6) is -2.95. The molecule has 2 rings (SSSR count). The van der Waals surface area contributed by atoms with Crippen LogP contribution in [0.5, 0.6) is 0 Å². The smallest absolute Gasteiger partial charge is 0.330 e. The van der Waals surface area contributed by atoms with Crippen LogP contribution < -0.4 is 5.32 Å². The van der Waals surface area contributed by atoms with Gasteiger partial charge in [0, 0.05) is 6.61 Å². The summed E-state index contributed by atoms with van der Waals surface area (Å²) in [5.41, 5.74) is 0.341. The first-order valence-corrected chi connectivity index (χ1v) is 6.54. The first kappa shape index (κ1) is 15.1. The van der Waals surface area contributed by atoms with E-state index < -0.39 is 29.6 Å². The molecule has 1 N–H and O–H groups in total. The van der Waals surface area contributed by atoms with E-state index in [4.69, 9.17) is 4.74 Å². The van der Waals surface area contributed by atoms with Crippen LogP contribution in [0.3, 0.4) is 0 Å². The number of hydrogen-bond donors (Lipinski definition) is 1. The van der Waals surface area contributed by atoms with E-state index in [1.807, 2.05) is 0 Å². The summed E-state index contributed by atoms with van der Waals surface area (Å²) in [6.07, 6.45) is 0. The number of hydrogen-bond acceptors (Lipinski definition) is 4. The molecule has 21 heavy (non-hydrogen) atoms. The topological polar surface area (TPSA) is 75.7 Å². The van der Waals surface area contributed by atoms with Gasteiger partial charge in [0.25, 0.3) is 0 Å². The molecule has 4 amide bonds. The summed E-state index contributed by atoms with van der Waals surface area (Å²) in [6.45, 7) is 2.51. The van der Waals surface area contributed by atoms with Crippen LogP contribution in [-0.4, -0.2) is 42.5 Å². The van der Waals surface area contributed by atoms with Crippen molar-refractivity contribution >= 4 is 17.8 Å². The number of barbiturate groups is 1. The molecular formula is C14H15FN2O4. The van der Waals surface area contributed by atoms with Crippen LogP contribution >= 0.6 is 0 Å². The maximum Gasteiger partial charge on any atom is 0.330 e. The second-order valence-electron chi connectivity index (χ2n) is 4.47. The molecule has 1 heterocycles. The van der Waals surface area contributed by atoms with Gasteiger partial charge in [-0.25, -0.2) is 9.18 Å². The lowest BCUT2D eigenvalue weighted by Gasteiger charge is -2.30. The molecule has 1 unspecified atom stereocenters. The summed E-state index contributed by atoms with van der Waals surface area (Å²) in [5, 5.41) is 2.13. The lowest BCUT2D eigenvalue weighted by molar-refractivity contribution is -0.139. The van der Waals surface area contributed by atoms with Gasteiger partial charge in [0.15, 0.2) is 0 Å². The number of carbonyl (C=O) groups excluding carboxylic acids is 3. The number of urea groups is 1. The van der Waals surface area contributed by atoms with E-state index in [9.17, 15) is 18.8 Å². The summed E-state index contributed by atoms with van der Waals surface area (Å²) < 4.78 is 18.0. The van der Waals surface area contributed by atoms with Crippen molar-refractivity contribution in [2.24, 2.45) is 0 Å². The van der Waals surface area contributed by atoms with Crippen LogP contribution in [0.4, 0.5) is 9.18 Å². The Labute approximate surface area is 120 Å². The van der Waals surface area contributed by atoms with Crippen molar-refractivity contribution in [3.63, 3.8) is 0 Å². The van der Waals surface area contributed by atoms with Gasteiger partial charge in [-0.3, -0.25) is 19.8 Å². The minimum atomic E-state index is -1.15. The van der Waals surface area contributed by atoms with Crippen LogP contribution in [0.25, 0.3) is 0 Å². The SMILES string of the molecule is CCOCCN1C(=O)NC(=O)C(c2ccc(F)cc2)C1=O. The number of nitrogens with one attached hydrogen (secondary N) is 1. The molecule has 6 nitrogen and oxygen atoms in total. The number of imide groups is 2. The van der Waals surface area contributed by atoms with Crippen LogP contribution in [-0.2, 0) is 14.3 Å². The van der Waals surface area contributed by atoms with Gasteiger partial charge in [0.2, 0.25) is 11.8 Å². The quantitative estimate of drug-likeness (QED) is 0.650. The lowest BCUT2D eigenvalue weighted by atomic mass is 9.95. The van der Waals surface area contributed by atoms with E-state index >= 15 is 0 Å². The van der Waals surface area contributed by atoms with Crippen molar-refractivity contribution in [3.8, 4) is 0 Å². The Morgan fingerprint density at radius 1 is 1.24 bits per heavy atom. The van der Waals surface area contributed by atoms with E-state index in [1.54, 1.807) is 6.92 Å². The summed E-state index contributed by atoms with van der Waals surface area (Å²) in [6, 6.07) is 4.28. The third-order valence-electron chi connectivity index (χ3n) is 3.12. The molecule has 1 saturated heterocycles. The van der Waals surface area contributed by atoms with Gasteiger partial charge in [0.05, 0.1) is 13.2 Å². The third-order valence-corrected chi connectivity index (χ3v) is 3.12. The zero-order chi connectivity index (χ0) is 15.4. The van der Waals surface area contributed by atoms with Gasteiger partial charge >= 0.3 is 6.03 Å². The van der Waals surface area contributed by atoms with Gasteiger partial charge in [0.1, 0.15) is 11.7 Å². The van der Waals surface area contributed by atoms with E-state index in [2.05, 4.69) is 5.32 Å². The second-order valence-corrected chi connectivity index (χ2v) is 4.47.